The van der Waals surface area contributed by atoms with E-state index in [9.17, 15) is 17.6 Å². The highest BCUT2D eigenvalue weighted by atomic mass is 32.2. The molecule has 1 unspecified atom stereocenters. The molecule has 2 aromatic carbocycles. The van der Waals surface area contributed by atoms with Gasteiger partial charge in [-0.3, -0.25) is 4.79 Å². The molecule has 1 amide bonds. The van der Waals surface area contributed by atoms with E-state index >= 15 is 0 Å². The molecule has 8 heteroatoms. The van der Waals surface area contributed by atoms with E-state index in [1.165, 1.54) is 24.3 Å². The number of hydrogen-bond donors (Lipinski definition) is 1. The van der Waals surface area contributed by atoms with Crippen LogP contribution in [0.1, 0.15) is 18.6 Å². The molecule has 1 atom stereocenters. The maximum Gasteiger partial charge on any atom is 0.246 e. The first-order chi connectivity index (χ1) is 14.4. The average Bonchev–Trinajstić information content (AvgIpc) is 3.15. The van der Waals surface area contributed by atoms with Crippen LogP contribution in [0, 0.1) is 5.82 Å². The van der Waals surface area contributed by atoms with Crippen LogP contribution in [0.4, 0.5) is 4.39 Å². The van der Waals surface area contributed by atoms with E-state index < -0.39 is 21.9 Å². The van der Waals surface area contributed by atoms with Crippen LogP contribution < -0.4 is 4.72 Å². The summed E-state index contributed by atoms with van der Waals surface area (Å²) in [6.07, 6.45) is 4.32. The summed E-state index contributed by atoms with van der Waals surface area (Å²) in [4.78, 5) is 14.1. The molecule has 1 aromatic heterocycles. The number of furan rings is 1. The predicted molar refractivity (Wildman–Crippen MR) is 112 cm³/mol. The summed E-state index contributed by atoms with van der Waals surface area (Å²) < 4.78 is 46.7. The fourth-order valence-electron chi connectivity index (χ4n) is 3.54. The lowest BCUT2D eigenvalue weighted by molar-refractivity contribution is -0.127. The van der Waals surface area contributed by atoms with Crippen molar-refractivity contribution < 1.29 is 22.0 Å². The lowest BCUT2D eigenvalue weighted by atomic mass is 10.1. The van der Waals surface area contributed by atoms with Crippen LogP contribution in [-0.4, -0.2) is 38.4 Å². The molecular formula is C22H21FN2O4S. The zero-order valence-corrected chi connectivity index (χ0v) is 16.9. The minimum Gasteiger partial charge on any atom is -0.457 e. The zero-order valence-electron chi connectivity index (χ0n) is 16.1. The molecule has 4 rings (SSSR count). The first-order valence-corrected chi connectivity index (χ1v) is 11.1. The number of hydrogen-bond acceptors (Lipinski definition) is 4. The van der Waals surface area contributed by atoms with Gasteiger partial charge in [-0.1, -0.05) is 24.3 Å². The summed E-state index contributed by atoms with van der Waals surface area (Å²) in [5.74, 6) is -0.260. The Hall–Kier alpha value is -2.97. The van der Waals surface area contributed by atoms with Gasteiger partial charge in [0.1, 0.15) is 17.2 Å². The smallest absolute Gasteiger partial charge is 0.246 e. The molecule has 0 saturated carbocycles. The van der Waals surface area contributed by atoms with Gasteiger partial charge in [0, 0.05) is 30.6 Å². The second-order valence-corrected chi connectivity index (χ2v) is 8.94. The number of carbonyl (C=O) groups excluding carboxylic acids is 1. The molecule has 6 nitrogen and oxygen atoms in total. The Labute approximate surface area is 174 Å². The molecule has 1 fully saturated rings. The number of benzene rings is 2. The Balaban J connectivity index is 1.41. The van der Waals surface area contributed by atoms with Crippen molar-refractivity contribution in [2.45, 2.75) is 23.8 Å². The molecule has 0 spiro atoms. The first-order valence-electron chi connectivity index (χ1n) is 9.64. The van der Waals surface area contributed by atoms with Crippen molar-refractivity contribution in [3.05, 3.63) is 72.3 Å². The summed E-state index contributed by atoms with van der Waals surface area (Å²) in [6.45, 7) is 0.791. The Bertz CT molecular complexity index is 1170. The molecule has 1 aliphatic rings. The number of carbonyl (C=O) groups is 1. The van der Waals surface area contributed by atoms with Crippen LogP contribution in [0.15, 0.2) is 70.0 Å². The second-order valence-electron chi connectivity index (χ2n) is 7.22. The Morgan fingerprint density at radius 2 is 2.00 bits per heavy atom. The van der Waals surface area contributed by atoms with Crippen LogP contribution >= 0.6 is 0 Å². The van der Waals surface area contributed by atoms with Crippen molar-refractivity contribution in [2.24, 2.45) is 0 Å². The number of sulfonamides is 1. The Kier molecular flexibility index (Phi) is 5.69. The van der Waals surface area contributed by atoms with E-state index in [1.807, 2.05) is 30.3 Å². The van der Waals surface area contributed by atoms with Gasteiger partial charge in [-0.2, -0.15) is 0 Å². The number of likely N-dealkylation sites (tertiary alicyclic amines) is 1. The molecule has 156 valence electrons. The van der Waals surface area contributed by atoms with Gasteiger partial charge in [-0.25, -0.2) is 17.5 Å². The predicted octanol–water partition coefficient (Wildman–Crippen LogP) is 3.55. The maximum absolute atomic E-state index is 13.4. The number of para-hydroxylation sites is 1. The highest BCUT2D eigenvalue weighted by Crippen LogP contribution is 2.20. The fraction of sp³-hybridized carbons (Fsp3) is 0.227. The fourth-order valence-corrected chi connectivity index (χ4v) is 4.83. The number of piperidine rings is 1. The highest BCUT2D eigenvalue weighted by molar-refractivity contribution is 7.89. The lowest BCUT2D eigenvalue weighted by Gasteiger charge is -2.32. The molecule has 2 heterocycles. The number of nitrogens with one attached hydrogen (secondary N) is 1. The molecule has 0 aliphatic carbocycles. The first kappa shape index (κ1) is 20.3. The summed E-state index contributed by atoms with van der Waals surface area (Å²) >= 11 is 0. The van der Waals surface area contributed by atoms with E-state index in [-0.39, 0.29) is 17.3 Å². The molecule has 1 aliphatic heterocycles. The number of halogens is 1. The normalized spacial score (nSPS) is 17.6. The van der Waals surface area contributed by atoms with Crippen LogP contribution in [0.25, 0.3) is 17.0 Å². The van der Waals surface area contributed by atoms with Crippen LogP contribution in [0.2, 0.25) is 0 Å². The number of rotatable bonds is 5. The minimum absolute atomic E-state index is 0.129. The van der Waals surface area contributed by atoms with E-state index in [0.717, 1.165) is 17.0 Å². The minimum atomic E-state index is -3.86. The van der Waals surface area contributed by atoms with E-state index in [2.05, 4.69) is 4.72 Å². The van der Waals surface area contributed by atoms with E-state index in [0.29, 0.717) is 25.1 Å². The lowest BCUT2D eigenvalue weighted by Crippen LogP contribution is -2.49. The molecule has 1 N–H and O–H groups in total. The molecule has 30 heavy (non-hydrogen) atoms. The standard InChI is InChI=1S/C22H21FN2O4S/c23-17-6-3-8-20(14-17)30(27,28)24-18-7-4-12-25(15-18)22(26)11-10-19-13-16-5-1-2-9-21(16)29-19/h1-3,5-6,8-11,13-14,18,24H,4,7,12,15H2. The van der Waals surface area contributed by atoms with Crippen LogP contribution in [-0.2, 0) is 14.8 Å². The van der Waals surface area contributed by atoms with Gasteiger partial charge in [0.15, 0.2) is 0 Å². The van der Waals surface area contributed by atoms with Crippen LogP contribution in [0.3, 0.4) is 0 Å². The largest absolute Gasteiger partial charge is 0.457 e. The molecule has 0 radical (unpaired) electrons. The van der Waals surface area contributed by atoms with Gasteiger partial charge in [0.05, 0.1) is 4.90 Å². The monoisotopic (exact) mass is 428 g/mol. The summed E-state index contributed by atoms with van der Waals surface area (Å²) in [5.41, 5.74) is 0.745. The summed E-state index contributed by atoms with van der Waals surface area (Å²) in [7, 11) is -3.86. The van der Waals surface area contributed by atoms with Gasteiger partial charge < -0.3 is 9.32 Å². The topological polar surface area (TPSA) is 79.6 Å². The zero-order chi connectivity index (χ0) is 21.1. The van der Waals surface area contributed by atoms with Gasteiger partial charge in [0.25, 0.3) is 0 Å². The molecular weight excluding hydrogens is 407 g/mol. The summed E-state index contributed by atoms with van der Waals surface area (Å²) in [5, 5.41) is 0.953. The van der Waals surface area contributed by atoms with Crippen molar-refractivity contribution in [1.82, 2.24) is 9.62 Å². The van der Waals surface area contributed by atoms with Gasteiger partial charge in [0.2, 0.25) is 15.9 Å². The average molecular weight is 428 g/mol. The Morgan fingerprint density at radius 3 is 2.80 bits per heavy atom. The van der Waals surface area contributed by atoms with E-state index in [4.69, 9.17) is 4.42 Å². The molecule has 3 aromatic rings. The maximum atomic E-state index is 13.4. The number of amides is 1. The van der Waals surface area contributed by atoms with Crippen molar-refractivity contribution >= 4 is 33.0 Å². The van der Waals surface area contributed by atoms with Crippen molar-refractivity contribution in [1.29, 1.82) is 0 Å². The quantitative estimate of drug-likeness (QED) is 0.631. The molecule has 0 bridgehead atoms. The van der Waals surface area contributed by atoms with Gasteiger partial charge >= 0.3 is 0 Å². The van der Waals surface area contributed by atoms with Gasteiger partial charge in [-0.05, 0) is 49.2 Å². The molecule has 1 saturated heterocycles. The third-order valence-corrected chi connectivity index (χ3v) is 6.51. The van der Waals surface area contributed by atoms with Crippen molar-refractivity contribution in [2.75, 3.05) is 13.1 Å². The van der Waals surface area contributed by atoms with Crippen molar-refractivity contribution in [3.63, 3.8) is 0 Å². The SMILES string of the molecule is O=C(C=Cc1cc2ccccc2o1)N1CCCC(NS(=O)(=O)c2cccc(F)c2)C1. The number of nitrogens with zero attached hydrogens (tertiary/aromatic N) is 1. The summed E-state index contributed by atoms with van der Waals surface area (Å²) in [6, 6.07) is 13.8. The Morgan fingerprint density at radius 1 is 1.17 bits per heavy atom. The third-order valence-electron chi connectivity index (χ3n) is 5.00. The van der Waals surface area contributed by atoms with E-state index in [1.54, 1.807) is 11.0 Å². The highest BCUT2D eigenvalue weighted by Gasteiger charge is 2.27. The van der Waals surface area contributed by atoms with Crippen molar-refractivity contribution in [3.8, 4) is 0 Å². The van der Waals surface area contributed by atoms with Gasteiger partial charge in [-0.15, -0.1) is 0 Å². The van der Waals surface area contributed by atoms with Crippen LogP contribution in [0.5, 0.6) is 0 Å². The third kappa shape index (κ3) is 4.60. The second kappa shape index (κ2) is 8.41. The number of fused-ring (bicyclic) bond motifs is 1.